The fourth-order valence-electron chi connectivity index (χ4n) is 1.65. The third-order valence-corrected chi connectivity index (χ3v) is 3.06. The Morgan fingerprint density at radius 1 is 1.31 bits per heavy atom. The van der Waals surface area contributed by atoms with Gasteiger partial charge in [0.25, 0.3) is 3.91 Å². The first-order valence-corrected chi connectivity index (χ1v) is 5.36. The summed E-state index contributed by atoms with van der Waals surface area (Å²) in [6.45, 7) is 1.64. The van der Waals surface area contributed by atoms with Gasteiger partial charge in [-0.25, -0.2) is 0 Å². The van der Waals surface area contributed by atoms with Gasteiger partial charge in [-0.3, -0.25) is 4.79 Å². The smallest absolute Gasteiger partial charge is 0.283 e. The largest absolute Gasteiger partial charge is 0.329 e. The molecule has 0 N–H and O–H groups in total. The van der Waals surface area contributed by atoms with E-state index < -0.39 is 0 Å². The lowest BCUT2D eigenvalue weighted by atomic mass is 10.0. The number of carbonyl (C=O) groups excluding carboxylic acids is 1. The van der Waals surface area contributed by atoms with Crippen LogP contribution in [-0.4, -0.2) is 15.4 Å². The molecule has 0 fully saturated rings. The average Bonchev–Trinajstić information content (AvgIpc) is 2.17. The molecule has 68 valence electrons. The van der Waals surface area contributed by atoms with Crippen LogP contribution in [0.15, 0.2) is 24.3 Å². The molecule has 1 amide bonds. The molecule has 0 radical (unpaired) electrons. The zero-order chi connectivity index (χ0) is 9.26. The van der Waals surface area contributed by atoms with Crippen LogP contribution in [0.5, 0.6) is 0 Å². The Hall–Kier alpha value is -0.580. The van der Waals surface area contributed by atoms with Crippen LogP contribution in [0.3, 0.4) is 0 Å². The van der Waals surface area contributed by atoms with Gasteiger partial charge in [-0.05, 0) is 17.5 Å². The molecule has 1 heterocycles. The van der Waals surface area contributed by atoms with Crippen LogP contribution in [0.2, 0.25) is 0 Å². The Balaban J connectivity index is 2.24. The molecule has 1 aromatic carbocycles. The summed E-state index contributed by atoms with van der Waals surface area (Å²) in [5, 5.41) is 0. The van der Waals surface area contributed by atoms with Crippen molar-refractivity contribution >= 4 is 26.5 Å². The molecule has 0 aromatic heterocycles. The summed E-state index contributed by atoms with van der Waals surface area (Å²) in [6.07, 6.45) is 0.991. The highest BCUT2D eigenvalue weighted by atomic mass is 127. The lowest BCUT2D eigenvalue weighted by molar-refractivity contribution is 0.221. The molecular weight excluding hydrogens is 277 g/mol. The van der Waals surface area contributed by atoms with Crippen molar-refractivity contribution in [3.63, 3.8) is 0 Å². The van der Waals surface area contributed by atoms with Crippen molar-refractivity contribution in [3.8, 4) is 0 Å². The van der Waals surface area contributed by atoms with Crippen LogP contribution in [0, 0.1) is 0 Å². The summed E-state index contributed by atoms with van der Waals surface area (Å²) in [5.74, 6) is 0. The number of nitrogens with zero attached hydrogens (tertiary/aromatic N) is 1. The van der Waals surface area contributed by atoms with Gasteiger partial charge in [-0.1, -0.05) is 24.3 Å². The number of benzene rings is 1. The molecule has 0 saturated heterocycles. The molecule has 1 aliphatic heterocycles. The summed E-state index contributed by atoms with van der Waals surface area (Å²) in [6, 6.07) is 8.33. The van der Waals surface area contributed by atoms with Gasteiger partial charge in [-0.2, -0.15) is 0 Å². The van der Waals surface area contributed by atoms with Gasteiger partial charge in [0.1, 0.15) is 0 Å². The quantitative estimate of drug-likeness (QED) is 0.408. The minimum atomic E-state index is 0.145. The molecule has 0 atom stereocenters. The lowest BCUT2D eigenvalue weighted by Crippen LogP contribution is -2.31. The maximum atomic E-state index is 11.1. The second-order valence-electron chi connectivity index (χ2n) is 3.19. The maximum Gasteiger partial charge on any atom is 0.283 e. The van der Waals surface area contributed by atoms with Crippen LogP contribution in [-0.2, 0) is 13.0 Å². The van der Waals surface area contributed by atoms with Crippen LogP contribution in [0.4, 0.5) is 4.79 Å². The zero-order valence-corrected chi connectivity index (χ0v) is 9.32. The van der Waals surface area contributed by atoms with E-state index in [2.05, 4.69) is 18.2 Å². The number of rotatable bonds is 0. The van der Waals surface area contributed by atoms with E-state index in [0.29, 0.717) is 0 Å². The van der Waals surface area contributed by atoms with Crippen molar-refractivity contribution in [2.75, 3.05) is 6.54 Å². The molecule has 0 bridgehead atoms. The van der Waals surface area contributed by atoms with Gasteiger partial charge in [0.2, 0.25) is 0 Å². The van der Waals surface area contributed by atoms with Crippen molar-refractivity contribution in [2.24, 2.45) is 0 Å². The van der Waals surface area contributed by atoms with Crippen molar-refractivity contribution in [3.05, 3.63) is 35.4 Å². The van der Waals surface area contributed by atoms with E-state index in [1.807, 2.05) is 33.6 Å². The molecule has 1 aliphatic rings. The van der Waals surface area contributed by atoms with Gasteiger partial charge in [0, 0.05) is 35.7 Å². The monoisotopic (exact) mass is 287 g/mol. The summed E-state index contributed by atoms with van der Waals surface area (Å²) in [5.41, 5.74) is 2.68. The topological polar surface area (TPSA) is 20.3 Å². The predicted octanol–water partition coefficient (Wildman–Crippen LogP) is 2.60. The van der Waals surface area contributed by atoms with Crippen LogP contribution < -0.4 is 0 Å². The van der Waals surface area contributed by atoms with E-state index in [-0.39, 0.29) is 3.91 Å². The van der Waals surface area contributed by atoms with Crippen LogP contribution in [0.25, 0.3) is 0 Å². The Bertz CT molecular complexity index is 337. The molecule has 1 aromatic rings. The Labute approximate surface area is 91.1 Å². The SMILES string of the molecule is O=C(I)N1CCc2ccccc2C1. The number of hydrogen-bond acceptors (Lipinski definition) is 1. The molecule has 13 heavy (non-hydrogen) atoms. The highest BCUT2D eigenvalue weighted by molar-refractivity contribution is 14.1. The third-order valence-electron chi connectivity index (χ3n) is 2.38. The lowest BCUT2D eigenvalue weighted by Gasteiger charge is -2.26. The molecule has 0 unspecified atom stereocenters. The van der Waals surface area contributed by atoms with Gasteiger partial charge in [0.05, 0.1) is 0 Å². The molecular formula is C10H10INO. The summed E-state index contributed by atoms with van der Waals surface area (Å²) >= 11 is 1.85. The van der Waals surface area contributed by atoms with Gasteiger partial charge in [0.15, 0.2) is 0 Å². The van der Waals surface area contributed by atoms with Crippen molar-refractivity contribution in [1.82, 2.24) is 4.90 Å². The maximum absolute atomic E-state index is 11.1. The standard InChI is InChI=1S/C10H10INO/c11-10(13)12-6-5-8-3-1-2-4-9(8)7-12/h1-4H,5-7H2. The molecule has 0 saturated carbocycles. The van der Waals surface area contributed by atoms with Crippen molar-refractivity contribution in [1.29, 1.82) is 0 Å². The molecule has 0 aliphatic carbocycles. The van der Waals surface area contributed by atoms with Crippen molar-refractivity contribution in [2.45, 2.75) is 13.0 Å². The first kappa shape index (κ1) is 8.99. The van der Waals surface area contributed by atoms with E-state index in [9.17, 15) is 4.79 Å². The second kappa shape index (κ2) is 3.65. The molecule has 0 spiro atoms. The zero-order valence-electron chi connectivity index (χ0n) is 7.16. The first-order chi connectivity index (χ1) is 6.27. The van der Waals surface area contributed by atoms with E-state index in [1.165, 1.54) is 11.1 Å². The predicted molar refractivity (Wildman–Crippen MR) is 60.0 cm³/mol. The van der Waals surface area contributed by atoms with Crippen LogP contribution >= 0.6 is 22.6 Å². The molecule has 2 rings (SSSR count). The summed E-state index contributed by atoms with van der Waals surface area (Å²) in [4.78, 5) is 13.0. The van der Waals surface area contributed by atoms with E-state index in [0.717, 1.165) is 19.5 Å². The molecule has 2 nitrogen and oxygen atoms in total. The second-order valence-corrected chi connectivity index (χ2v) is 4.12. The van der Waals surface area contributed by atoms with E-state index in [4.69, 9.17) is 0 Å². The number of halogens is 1. The minimum absolute atomic E-state index is 0.145. The normalized spacial score (nSPS) is 15.3. The number of hydrogen-bond donors (Lipinski definition) is 0. The Morgan fingerprint density at radius 3 is 2.69 bits per heavy atom. The Morgan fingerprint density at radius 2 is 2.00 bits per heavy atom. The number of carbonyl (C=O) groups is 1. The highest BCUT2D eigenvalue weighted by Crippen LogP contribution is 2.19. The van der Waals surface area contributed by atoms with E-state index >= 15 is 0 Å². The van der Waals surface area contributed by atoms with Gasteiger partial charge < -0.3 is 4.90 Å². The fourth-order valence-corrected chi connectivity index (χ4v) is 2.06. The van der Waals surface area contributed by atoms with Gasteiger partial charge in [-0.15, -0.1) is 0 Å². The molecule has 3 heteroatoms. The van der Waals surface area contributed by atoms with Gasteiger partial charge >= 0.3 is 0 Å². The van der Waals surface area contributed by atoms with Crippen molar-refractivity contribution < 1.29 is 4.79 Å². The average molecular weight is 287 g/mol. The first-order valence-electron chi connectivity index (χ1n) is 4.28. The van der Waals surface area contributed by atoms with E-state index in [1.54, 1.807) is 0 Å². The highest BCUT2D eigenvalue weighted by Gasteiger charge is 2.17. The van der Waals surface area contributed by atoms with Crippen LogP contribution in [0.1, 0.15) is 11.1 Å². The number of fused-ring (bicyclic) bond motifs is 1. The minimum Gasteiger partial charge on any atom is -0.329 e. The third kappa shape index (κ3) is 1.85. The Kier molecular flexibility index (Phi) is 2.53. The summed E-state index contributed by atoms with van der Waals surface area (Å²) in [7, 11) is 0. The number of amides is 1. The summed E-state index contributed by atoms with van der Waals surface area (Å²) < 4.78 is 0.145. The fraction of sp³-hybridized carbons (Fsp3) is 0.300.